The summed E-state index contributed by atoms with van der Waals surface area (Å²) < 4.78 is 1.36. The number of hydrogen-bond acceptors (Lipinski definition) is 1. The first-order valence-electron chi connectivity index (χ1n) is 10.5. The van der Waals surface area contributed by atoms with E-state index in [4.69, 9.17) is 0 Å². The van der Waals surface area contributed by atoms with Gasteiger partial charge in [0.25, 0.3) is 0 Å². The SMILES string of the molecule is C=Cc1cc2cc(C)c(C)cc2cc1-c1sc2cc3cc(C)c(C)cc3cc2c1C. The molecule has 0 aliphatic rings. The minimum absolute atomic E-state index is 1.21. The summed E-state index contributed by atoms with van der Waals surface area (Å²) in [7, 11) is 0. The molecule has 1 heterocycles. The van der Waals surface area contributed by atoms with Gasteiger partial charge in [-0.05, 0) is 125 Å². The van der Waals surface area contributed by atoms with Crippen LogP contribution in [0, 0.1) is 34.6 Å². The second kappa shape index (κ2) is 6.82. The van der Waals surface area contributed by atoms with Crippen LogP contribution < -0.4 is 0 Å². The first-order valence-corrected chi connectivity index (χ1v) is 11.3. The molecule has 0 spiro atoms. The Balaban J connectivity index is 1.80. The lowest BCUT2D eigenvalue weighted by Gasteiger charge is -2.11. The lowest BCUT2D eigenvalue weighted by atomic mass is 9.94. The fraction of sp³-hybridized carbons (Fsp3) is 0.172. The molecule has 5 rings (SSSR count). The van der Waals surface area contributed by atoms with E-state index in [1.807, 2.05) is 17.4 Å². The molecule has 0 radical (unpaired) electrons. The van der Waals surface area contributed by atoms with E-state index >= 15 is 0 Å². The summed E-state index contributed by atoms with van der Waals surface area (Å²) in [6.07, 6.45) is 2.00. The molecule has 0 aliphatic carbocycles. The van der Waals surface area contributed by atoms with E-state index in [2.05, 4.69) is 89.7 Å². The van der Waals surface area contributed by atoms with Crippen LogP contribution in [0.4, 0.5) is 0 Å². The van der Waals surface area contributed by atoms with E-state index < -0.39 is 0 Å². The van der Waals surface area contributed by atoms with Crippen LogP contribution in [0.15, 0.2) is 55.1 Å². The van der Waals surface area contributed by atoms with E-state index in [0.29, 0.717) is 0 Å². The van der Waals surface area contributed by atoms with Gasteiger partial charge in [-0.15, -0.1) is 11.3 Å². The van der Waals surface area contributed by atoms with Crippen molar-refractivity contribution in [1.29, 1.82) is 0 Å². The predicted molar refractivity (Wildman–Crippen MR) is 136 cm³/mol. The third-order valence-electron chi connectivity index (χ3n) is 6.59. The fourth-order valence-corrected chi connectivity index (χ4v) is 5.74. The van der Waals surface area contributed by atoms with Gasteiger partial charge in [0, 0.05) is 9.58 Å². The summed E-state index contributed by atoms with van der Waals surface area (Å²) >= 11 is 1.90. The number of fused-ring (bicyclic) bond motifs is 3. The van der Waals surface area contributed by atoms with Gasteiger partial charge in [0.2, 0.25) is 0 Å². The summed E-state index contributed by atoms with van der Waals surface area (Å²) in [5, 5.41) is 6.60. The molecule has 0 aliphatic heterocycles. The topological polar surface area (TPSA) is 0 Å². The van der Waals surface area contributed by atoms with Crippen molar-refractivity contribution in [3.8, 4) is 10.4 Å². The maximum atomic E-state index is 4.12. The Kier molecular flexibility index (Phi) is 4.34. The monoisotopic (exact) mass is 406 g/mol. The Bertz CT molecular complexity index is 1490. The zero-order valence-electron chi connectivity index (χ0n) is 18.3. The molecular weight excluding hydrogens is 380 g/mol. The average Bonchev–Trinajstić information content (AvgIpc) is 3.03. The van der Waals surface area contributed by atoms with E-state index in [1.165, 1.54) is 75.5 Å². The average molecular weight is 407 g/mol. The Morgan fingerprint density at radius 1 is 0.633 bits per heavy atom. The summed E-state index contributed by atoms with van der Waals surface area (Å²) in [6.45, 7) is 15.1. The molecule has 1 heteroatoms. The number of thiophene rings is 1. The quantitative estimate of drug-likeness (QED) is 0.274. The van der Waals surface area contributed by atoms with Crippen LogP contribution in [0.2, 0.25) is 0 Å². The highest BCUT2D eigenvalue weighted by Gasteiger charge is 2.15. The molecule has 0 saturated heterocycles. The van der Waals surface area contributed by atoms with Crippen LogP contribution >= 0.6 is 11.3 Å². The first-order chi connectivity index (χ1) is 14.4. The summed E-state index contributed by atoms with van der Waals surface area (Å²) in [6, 6.07) is 18.6. The highest BCUT2D eigenvalue weighted by atomic mass is 32.1. The summed E-state index contributed by atoms with van der Waals surface area (Å²) in [4.78, 5) is 1.35. The Labute approximate surface area is 182 Å². The van der Waals surface area contributed by atoms with Crippen molar-refractivity contribution in [1.82, 2.24) is 0 Å². The highest BCUT2D eigenvalue weighted by molar-refractivity contribution is 7.22. The van der Waals surface area contributed by atoms with Gasteiger partial charge in [-0.1, -0.05) is 36.9 Å². The van der Waals surface area contributed by atoms with Crippen molar-refractivity contribution < 1.29 is 0 Å². The zero-order valence-corrected chi connectivity index (χ0v) is 19.1. The van der Waals surface area contributed by atoms with E-state index in [-0.39, 0.29) is 0 Å². The van der Waals surface area contributed by atoms with Crippen molar-refractivity contribution in [2.24, 2.45) is 0 Å². The maximum Gasteiger partial charge on any atom is 0.0390 e. The van der Waals surface area contributed by atoms with Gasteiger partial charge >= 0.3 is 0 Å². The zero-order chi connectivity index (χ0) is 21.2. The van der Waals surface area contributed by atoms with Gasteiger partial charge < -0.3 is 0 Å². The molecule has 0 saturated carbocycles. The van der Waals surface area contributed by atoms with Crippen LogP contribution in [0.5, 0.6) is 0 Å². The second-order valence-electron chi connectivity index (χ2n) is 8.62. The molecule has 0 N–H and O–H groups in total. The minimum Gasteiger partial charge on any atom is -0.135 e. The molecule has 30 heavy (non-hydrogen) atoms. The van der Waals surface area contributed by atoms with Gasteiger partial charge in [0.1, 0.15) is 0 Å². The Morgan fingerprint density at radius 3 is 1.70 bits per heavy atom. The molecule has 148 valence electrons. The van der Waals surface area contributed by atoms with Crippen molar-refractivity contribution in [3.63, 3.8) is 0 Å². The number of rotatable bonds is 2. The molecule has 0 fully saturated rings. The largest absolute Gasteiger partial charge is 0.135 e. The van der Waals surface area contributed by atoms with Crippen molar-refractivity contribution in [2.45, 2.75) is 34.6 Å². The second-order valence-corrected chi connectivity index (χ2v) is 9.67. The fourth-order valence-electron chi connectivity index (χ4n) is 4.46. The molecule has 1 aromatic heterocycles. The van der Waals surface area contributed by atoms with E-state index in [9.17, 15) is 0 Å². The lowest BCUT2D eigenvalue weighted by Crippen LogP contribution is -1.87. The van der Waals surface area contributed by atoms with Gasteiger partial charge in [-0.2, -0.15) is 0 Å². The first kappa shape index (κ1) is 19.1. The van der Waals surface area contributed by atoms with Crippen LogP contribution in [-0.2, 0) is 0 Å². The third kappa shape index (κ3) is 2.88. The van der Waals surface area contributed by atoms with Crippen LogP contribution in [0.25, 0.3) is 48.1 Å². The van der Waals surface area contributed by atoms with Gasteiger partial charge in [0.05, 0.1) is 0 Å². The van der Waals surface area contributed by atoms with Crippen molar-refractivity contribution in [3.05, 3.63) is 88.5 Å². The Hall–Kier alpha value is -2.90. The smallest absolute Gasteiger partial charge is 0.0390 e. The van der Waals surface area contributed by atoms with Gasteiger partial charge in [-0.3, -0.25) is 0 Å². The molecule has 4 aromatic carbocycles. The summed E-state index contributed by atoms with van der Waals surface area (Å²) in [5.74, 6) is 0. The molecule has 5 aromatic rings. The van der Waals surface area contributed by atoms with Crippen LogP contribution in [0.3, 0.4) is 0 Å². The predicted octanol–water partition coefficient (Wildman–Crippen LogP) is 9.06. The van der Waals surface area contributed by atoms with Crippen LogP contribution in [-0.4, -0.2) is 0 Å². The Morgan fingerprint density at radius 2 is 1.13 bits per heavy atom. The van der Waals surface area contributed by atoms with Gasteiger partial charge in [0.15, 0.2) is 0 Å². The third-order valence-corrected chi connectivity index (χ3v) is 7.88. The highest BCUT2D eigenvalue weighted by Crippen LogP contribution is 2.43. The molecule has 0 nitrogen and oxygen atoms in total. The normalized spacial score (nSPS) is 11.6. The molecule has 0 unspecified atom stereocenters. The molecule has 0 atom stereocenters. The van der Waals surface area contributed by atoms with Crippen molar-refractivity contribution in [2.75, 3.05) is 0 Å². The minimum atomic E-state index is 1.21. The molecule has 0 amide bonds. The molecular formula is C29H26S. The number of aryl methyl sites for hydroxylation is 5. The number of hydrogen-bond donors (Lipinski definition) is 0. The lowest BCUT2D eigenvalue weighted by molar-refractivity contribution is 1.36. The standard InChI is InChI=1S/C29H26S/c1-7-21-12-22-8-16(2)18(4)10-24(22)14-27(21)29-20(6)26-13-23-9-17(3)19(5)11-25(23)15-28(26)30-29/h7-15H,1H2,2-6H3. The summed E-state index contributed by atoms with van der Waals surface area (Å²) in [5.41, 5.74) is 9.23. The number of benzene rings is 4. The van der Waals surface area contributed by atoms with Crippen LogP contribution in [0.1, 0.15) is 33.4 Å². The molecule has 0 bridgehead atoms. The van der Waals surface area contributed by atoms with Crippen molar-refractivity contribution >= 4 is 49.0 Å². The maximum absolute atomic E-state index is 4.12. The van der Waals surface area contributed by atoms with E-state index in [1.54, 1.807) is 0 Å². The van der Waals surface area contributed by atoms with E-state index in [0.717, 1.165) is 0 Å². The van der Waals surface area contributed by atoms with Gasteiger partial charge in [-0.25, -0.2) is 0 Å².